The van der Waals surface area contributed by atoms with Crippen LogP contribution in [0.25, 0.3) is 10.6 Å². The Morgan fingerprint density at radius 3 is 2.48 bits per heavy atom. The second-order valence-electron chi connectivity index (χ2n) is 5.92. The SMILES string of the molecule is Cc1ccsc1-c1ccnc(C(=O)Nc2c(C)cc(CO)cc2C)n1. The molecule has 0 radical (unpaired) electrons. The topological polar surface area (TPSA) is 75.1 Å². The van der Waals surface area contributed by atoms with Crippen LogP contribution in [0.5, 0.6) is 0 Å². The molecule has 0 aliphatic heterocycles. The molecule has 0 saturated heterocycles. The molecule has 0 atom stereocenters. The Bertz CT molecular complexity index is 911. The van der Waals surface area contributed by atoms with Crippen LogP contribution in [0.2, 0.25) is 0 Å². The van der Waals surface area contributed by atoms with Crippen LogP contribution >= 0.6 is 11.3 Å². The van der Waals surface area contributed by atoms with Gasteiger partial charge >= 0.3 is 0 Å². The molecule has 1 aromatic carbocycles. The summed E-state index contributed by atoms with van der Waals surface area (Å²) in [5.74, 6) is -0.214. The first-order valence-electron chi connectivity index (χ1n) is 7.89. The van der Waals surface area contributed by atoms with Gasteiger partial charge in [-0.25, -0.2) is 9.97 Å². The zero-order valence-corrected chi connectivity index (χ0v) is 15.1. The summed E-state index contributed by atoms with van der Waals surface area (Å²) in [6.45, 7) is 5.78. The maximum Gasteiger partial charge on any atom is 0.293 e. The first-order chi connectivity index (χ1) is 12.0. The lowest BCUT2D eigenvalue weighted by molar-refractivity contribution is 0.101. The van der Waals surface area contributed by atoms with E-state index < -0.39 is 0 Å². The van der Waals surface area contributed by atoms with Crippen molar-refractivity contribution in [2.75, 3.05) is 5.32 Å². The number of amides is 1. The minimum absolute atomic E-state index is 0.0266. The van der Waals surface area contributed by atoms with Gasteiger partial charge in [0.05, 0.1) is 17.2 Å². The molecule has 2 heterocycles. The number of aliphatic hydroxyl groups is 1. The van der Waals surface area contributed by atoms with Crippen molar-refractivity contribution in [1.82, 2.24) is 9.97 Å². The molecule has 3 aromatic rings. The van der Waals surface area contributed by atoms with Crippen molar-refractivity contribution >= 4 is 22.9 Å². The molecule has 3 rings (SSSR count). The summed E-state index contributed by atoms with van der Waals surface area (Å²) >= 11 is 1.59. The fraction of sp³-hybridized carbons (Fsp3) is 0.211. The van der Waals surface area contributed by atoms with E-state index >= 15 is 0 Å². The number of carbonyl (C=O) groups excluding carboxylic acids is 1. The number of aryl methyl sites for hydroxylation is 3. The maximum atomic E-state index is 12.6. The fourth-order valence-electron chi connectivity index (χ4n) is 2.74. The van der Waals surface area contributed by atoms with Gasteiger partial charge in [-0.15, -0.1) is 11.3 Å². The molecule has 0 saturated carbocycles. The first kappa shape index (κ1) is 17.3. The summed E-state index contributed by atoms with van der Waals surface area (Å²) < 4.78 is 0. The van der Waals surface area contributed by atoms with E-state index in [9.17, 15) is 9.90 Å². The van der Waals surface area contributed by atoms with Gasteiger partial charge in [0.15, 0.2) is 0 Å². The highest BCUT2D eigenvalue weighted by Gasteiger charge is 2.15. The number of benzene rings is 1. The Morgan fingerprint density at radius 1 is 1.16 bits per heavy atom. The van der Waals surface area contributed by atoms with Gasteiger partial charge in [0, 0.05) is 11.9 Å². The van der Waals surface area contributed by atoms with Crippen LogP contribution in [0.4, 0.5) is 5.69 Å². The van der Waals surface area contributed by atoms with Crippen LogP contribution in [0.3, 0.4) is 0 Å². The van der Waals surface area contributed by atoms with Crippen LogP contribution in [0.15, 0.2) is 35.8 Å². The Hall–Kier alpha value is -2.57. The smallest absolute Gasteiger partial charge is 0.293 e. The Labute approximate surface area is 150 Å². The van der Waals surface area contributed by atoms with E-state index in [4.69, 9.17) is 0 Å². The summed E-state index contributed by atoms with van der Waals surface area (Å²) in [5, 5.41) is 14.2. The predicted molar refractivity (Wildman–Crippen MR) is 99.9 cm³/mol. The van der Waals surface area contributed by atoms with Gasteiger partial charge in [0.1, 0.15) is 0 Å². The van der Waals surface area contributed by atoms with Gasteiger partial charge in [-0.1, -0.05) is 12.1 Å². The molecule has 0 spiro atoms. The molecule has 1 amide bonds. The molecular weight excluding hydrogens is 334 g/mol. The number of nitrogens with zero attached hydrogens (tertiary/aromatic N) is 2. The van der Waals surface area contributed by atoms with Crippen molar-refractivity contribution in [3.8, 4) is 10.6 Å². The number of thiophene rings is 1. The molecule has 2 aromatic heterocycles. The summed E-state index contributed by atoms with van der Waals surface area (Å²) in [5.41, 5.74) is 5.20. The van der Waals surface area contributed by atoms with Crippen molar-refractivity contribution in [3.05, 3.63) is 63.9 Å². The minimum atomic E-state index is -0.348. The average Bonchev–Trinajstić information content (AvgIpc) is 3.03. The van der Waals surface area contributed by atoms with E-state index in [0.717, 1.165) is 38.5 Å². The molecule has 128 valence electrons. The molecule has 0 fully saturated rings. The van der Waals surface area contributed by atoms with Crippen LogP contribution in [-0.2, 0) is 6.61 Å². The van der Waals surface area contributed by atoms with E-state index in [1.807, 2.05) is 50.4 Å². The maximum absolute atomic E-state index is 12.6. The lowest BCUT2D eigenvalue weighted by Crippen LogP contribution is -2.17. The number of aromatic nitrogens is 2. The third-order valence-corrected chi connectivity index (χ3v) is 5.01. The van der Waals surface area contributed by atoms with Gasteiger partial charge in [0.25, 0.3) is 5.91 Å². The van der Waals surface area contributed by atoms with Gasteiger partial charge in [-0.2, -0.15) is 0 Å². The van der Waals surface area contributed by atoms with Gasteiger partial charge in [0.2, 0.25) is 5.82 Å². The Balaban J connectivity index is 1.89. The molecule has 0 bridgehead atoms. The summed E-state index contributed by atoms with van der Waals surface area (Å²) in [7, 11) is 0. The van der Waals surface area contributed by atoms with Crippen LogP contribution in [0, 0.1) is 20.8 Å². The minimum Gasteiger partial charge on any atom is -0.392 e. The van der Waals surface area contributed by atoms with Crippen molar-refractivity contribution in [1.29, 1.82) is 0 Å². The van der Waals surface area contributed by atoms with Crippen LogP contribution < -0.4 is 5.32 Å². The quantitative estimate of drug-likeness (QED) is 0.746. The zero-order valence-electron chi connectivity index (χ0n) is 14.3. The molecule has 6 heteroatoms. The highest BCUT2D eigenvalue weighted by atomic mass is 32.1. The standard InChI is InChI=1S/C19H19N3O2S/c1-11-5-7-25-17(11)15-4-6-20-18(21-15)19(24)22-16-12(2)8-14(10-23)9-13(16)3/h4-9,23H,10H2,1-3H3,(H,22,24). The summed E-state index contributed by atoms with van der Waals surface area (Å²) in [6.07, 6.45) is 1.60. The second-order valence-corrected chi connectivity index (χ2v) is 6.83. The number of hydrogen-bond donors (Lipinski definition) is 2. The van der Waals surface area contributed by atoms with Crippen molar-refractivity contribution in [2.45, 2.75) is 27.4 Å². The average molecular weight is 353 g/mol. The van der Waals surface area contributed by atoms with E-state index in [0.29, 0.717) is 0 Å². The number of aliphatic hydroxyl groups excluding tert-OH is 1. The first-order valence-corrected chi connectivity index (χ1v) is 8.77. The Kier molecular flexibility index (Phi) is 4.92. The molecule has 25 heavy (non-hydrogen) atoms. The molecule has 0 unspecified atom stereocenters. The van der Waals surface area contributed by atoms with E-state index in [1.54, 1.807) is 17.5 Å². The third kappa shape index (κ3) is 3.60. The van der Waals surface area contributed by atoms with Gasteiger partial charge in [-0.3, -0.25) is 4.79 Å². The summed E-state index contributed by atoms with van der Waals surface area (Å²) in [6, 6.07) is 7.54. The van der Waals surface area contributed by atoms with Crippen LogP contribution in [0.1, 0.15) is 32.9 Å². The normalized spacial score (nSPS) is 10.7. The monoisotopic (exact) mass is 353 g/mol. The molecule has 0 aliphatic rings. The fourth-order valence-corrected chi connectivity index (χ4v) is 3.64. The van der Waals surface area contributed by atoms with Crippen molar-refractivity contribution in [3.63, 3.8) is 0 Å². The number of hydrogen-bond acceptors (Lipinski definition) is 5. The number of nitrogens with one attached hydrogen (secondary N) is 1. The number of carbonyl (C=O) groups is 1. The van der Waals surface area contributed by atoms with E-state index in [2.05, 4.69) is 15.3 Å². The lowest BCUT2D eigenvalue weighted by Gasteiger charge is -2.13. The summed E-state index contributed by atoms with van der Waals surface area (Å²) in [4.78, 5) is 22.2. The van der Waals surface area contributed by atoms with Crippen LogP contribution in [-0.4, -0.2) is 21.0 Å². The number of rotatable bonds is 4. The zero-order chi connectivity index (χ0) is 18.0. The van der Waals surface area contributed by atoms with Gasteiger partial charge < -0.3 is 10.4 Å². The highest BCUT2D eigenvalue weighted by molar-refractivity contribution is 7.13. The highest BCUT2D eigenvalue weighted by Crippen LogP contribution is 2.27. The molecule has 0 aliphatic carbocycles. The Morgan fingerprint density at radius 2 is 1.88 bits per heavy atom. The largest absolute Gasteiger partial charge is 0.392 e. The number of anilines is 1. The molecular formula is C19H19N3O2S. The second kappa shape index (κ2) is 7.13. The van der Waals surface area contributed by atoms with E-state index in [1.165, 1.54) is 0 Å². The third-order valence-electron chi connectivity index (χ3n) is 3.97. The lowest BCUT2D eigenvalue weighted by atomic mass is 10.0. The molecule has 2 N–H and O–H groups in total. The van der Waals surface area contributed by atoms with Gasteiger partial charge in [-0.05, 0) is 60.5 Å². The van der Waals surface area contributed by atoms with Crippen molar-refractivity contribution < 1.29 is 9.90 Å². The molecule has 5 nitrogen and oxygen atoms in total. The predicted octanol–water partition coefficient (Wildman–Crippen LogP) is 3.87. The van der Waals surface area contributed by atoms with Crippen molar-refractivity contribution in [2.24, 2.45) is 0 Å². The van der Waals surface area contributed by atoms with E-state index in [-0.39, 0.29) is 18.3 Å².